The SMILES string of the molecule is Cn1ccc(CN(CC(=O)O)C(C)(C)C)n1. The zero-order valence-electron chi connectivity index (χ0n) is 10.3. The number of aryl methyl sites for hydroxylation is 1. The van der Waals surface area contributed by atoms with E-state index in [1.807, 2.05) is 45.0 Å². The van der Waals surface area contributed by atoms with E-state index in [9.17, 15) is 4.79 Å². The van der Waals surface area contributed by atoms with Gasteiger partial charge in [0.1, 0.15) is 0 Å². The van der Waals surface area contributed by atoms with Gasteiger partial charge in [0.15, 0.2) is 0 Å². The normalized spacial score (nSPS) is 12.1. The summed E-state index contributed by atoms with van der Waals surface area (Å²) in [6.07, 6.45) is 1.86. The second kappa shape index (κ2) is 4.65. The smallest absolute Gasteiger partial charge is 0.317 e. The molecule has 0 saturated heterocycles. The average Bonchev–Trinajstić information content (AvgIpc) is 2.47. The Morgan fingerprint density at radius 3 is 2.56 bits per heavy atom. The van der Waals surface area contributed by atoms with E-state index in [2.05, 4.69) is 5.10 Å². The van der Waals surface area contributed by atoms with Gasteiger partial charge in [-0.3, -0.25) is 14.4 Å². The van der Waals surface area contributed by atoms with Crippen molar-refractivity contribution in [1.29, 1.82) is 0 Å². The lowest BCUT2D eigenvalue weighted by atomic mass is 10.1. The summed E-state index contributed by atoms with van der Waals surface area (Å²) in [4.78, 5) is 12.7. The van der Waals surface area contributed by atoms with Gasteiger partial charge in [-0.1, -0.05) is 0 Å². The van der Waals surface area contributed by atoms with E-state index in [-0.39, 0.29) is 12.1 Å². The maximum absolute atomic E-state index is 10.8. The predicted octanol–water partition coefficient (Wildman–Crippen LogP) is 1.11. The van der Waals surface area contributed by atoms with Crippen molar-refractivity contribution >= 4 is 5.97 Å². The van der Waals surface area contributed by atoms with Crippen molar-refractivity contribution in [1.82, 2.24) is 14.7 Å². The first-order valence-corrected chi connectivity index (χ1v) is 5.24. The van der Waals surface area contributed by atoms with Gasteiger partial charge in [0.25, 0.3) is 0 Å². The molecule has 0 atom stereocenters. The molecule has 5 nitrogen and oxygen atoms in total. The number of aromatic nitrogens is 2. The summed E-state index contributed by atoms with van der Waals surface area (Å²) in [7, 11) is 1.85. The van der Waals surface area contributed by atoms with Crippen LogP contribution in [0.5, 0.6) is 0 Å². The third-order valence-corrected chi connectivity index (χ3v) is 2.40. The average molecular weight is 225 g/mol. The van der Waals surface area contributed by atoms with Crippen molar-refractivity contribution in [2.24, 2.45) is 7.05 Å². The number of carbonyl (C=O) groups is 1. The largest absolute Gasteiger partial charge is 0.480 e. The van der Waals surface area contributed by atoms with E-state index in [0.717, 1.165) is 5.69 Å². The van der Waals surface area contributed by atoms with Gasteiger partial charge in [-0.25, -0.2) is 0 Å². The quantitative estimate of drug-likeness (QED) is 0.833. The maximum Gasteiger partial charge on any atom is 0.317 e. The molecule has 1 heterocycles. The van der Waals surface area contributed by atoms with Crippen LogP contribution < -0.4 is 0 Å². The summed E-state index contributed by atoms with van der Waals surface area (Å²) < 4.78 is 1.72. The summed E-state index contributed by atoms with van der Waals surface area (Å²) in [5.74, 6) is -0.814. The fourth-order valence-electron chi connectivity index (χ4n) is 1.44. The molecule has 0 spiro atoms. The minimum atomic E-state index is -0.814. The summed E-state index contributed by atoms with van der Waals surface area (Å²) in [6.45, 7) is 6.58. The van der Waals surface area contributed by atoms with Crippen LogP contribution in [-0.2, 0) is 18.4 Å². The van der Waals surface area contributed by atoms with Crippen molar-refractivity contribution in [3.63, 3.8) is 0 Å². The summed E-state index contributed by atoms with van der Waals surface area (Å²) in [6, 6.07) is 1.90. The highest BCUT2D eigenvalue weighted by Crippen LogP contribution is 2.15. The lowest BCUT2D eigenvalue weighted by molar-refractivity contribution is -0.139. The lowest BCUT2D eigenvalue weighted by Gasteiger charge is -2.33. The first-order chi connectivity index (χ1) is 7.29. The Hall–Kier alpha value is -1.36. The van der Waals surface area contributed by atoms with E-state index >= 15 is 0 Å². The monoisotopic (exact) mass is 225 g/mol. The van der Waals surface area contributed by atoms with Crippen LogP contribution in [0, 0.1) is 0 Å². The first kappa shape index (κ1) is 12.7. The van der Waals surface area contributed by atoms with Gasteiger partial charge in [-0.15, -0.1) is 0 Å². The fourth-order valence-corrected chi connectivity index (χ4v) is 1.44. The minimum absolute atomic E-state index is 0.0279. The molecule has 5 heteroatoms. The number of nitrogens with zero attached hydrogens (tertiary/aromatic N) is 3. The lowest BCUT2D eigenvalue weighted by Crippen LogP contribution is -2.43. The van der Waals surface area contributed by atoms with Crippen molar-refractivity contribution in [3.8, 4) is 0 Å². The van der Waals surface area contributed by atoms with E-state index in [4.69, 9.17) is 5.11 Å². The molecule has 0 unspecified atom stereocenters. The molecule has 1 rings (SSSR count). The highest BCUT2D eigenvalue weighted by atomic mass is 16.4. The summed E-state index contributed by atoms with van der Waals surface area (Å²) in [5, 5.41) is 13.1. The van der Waals surface area contributed by atoms with Gasteiger partial charge in [-0.05, 0) is 26.8 Å². The molecule has 0 aliphatic heterocycles. The zero-order valence-corrected chi connectivity index (χ0v) is 10.3. The molecule has 0 amide bonds. The Kier molecular flexibility index (Phi) is 3.70. The van der Waals surface area contributed by atoms with Crippen LogP contribution in [0.3, 0.4) is 0 Å². The summed E-state index contributed by atoms with van der Waals surface area (Å²) in [5.41, 5.74) is 0.703. The van der Waals surface area contributed by atoms with E-state index in [0.29, 0.717) is 6.54 Å². The second-order valence-corrected chi connectivity index (χ2v) is 4.90. The predicted molar refractivity (Wildman–Crippen MR) is 61.0 cm³/mol. The van der Waals surface area contributed by atoms with Crippen molar-refractivity contribution in [3.05, 3.63) is 18.0 Å². The third kappa shape index (κ3) is 3.66. The highest BCUT2D eigenvalue weighted by Gasteiger charge is 2.24. The molecule has 16 heavy (non-hydrogen) atoms. The first-order valence-electron chi connectivity index (χ1n) is 5.24. The standard InChI is InChI=1S/C11H19N3O2/c1-11(2,3)14(8-10(15)16)7-9-5-6-13(4)12-9/h5-6H,7-8H2,1-4H3,(H,15,16). The van der Waals surface area contributed by atoms with Crippen LogP contribution >= 0.6 is 0 Å². The third-order valence-electron chi connectivity index (χ3n) is 2.40. The molecule has 0 aliphatic rings. The van der Waals surface area contributed by atoms with Crippen molar-refractivity contribution in [2.75, 3.05) is 6.54 Å². The molecule has 1 N–H and O–H groups in total. The molecule has 0 fully saturated rings. The number of hydrogen-bond donors (Lipinski definition) is 1. The van der Waals surface area contributed by atoms with Crippen molar-refractivity contribution < 1.29 is 9.90 Å². The van der Waals surface area contributed by atoms with Crippen LogP contribution in [0.1, 0.15) is 26.5 Å². The molecule has 0 radical (unpaired) electrons. The molecular weight excluding hydrogens is 206 g/mol. The molecular formula is C11H19N3O2. The van der Waals surface area contributed by atoms with Crippen LogP contribution in [0.15, 0.2) is 12.3 Å². The van der Waals surface area contributed by atoms with Gasteiger partial charge in [-0.2, -0.15) is 5.10 Å². The molecule has 1 aromatic rings. The van der Waals surface area contributed by atoms with Gasteiger partial charge in [0.2, 0.25) is 0 Å². The van der Waals surface area contributed by atoms with Gasteiger partial charge in [0, 0.05) is 25.3 Å². The Morgan fingerprint density at radius 2 is 2.19 bits per heavy atom. The Bertz CT molecular complexity index is 366. The number of carboxylic acids is 1. The minimum Gasteiger partial charge on any atom is -0.480 e. The molecule has 1 aromatic heterocycles. The number of rotatable bonds is 4. The van der Waals surface area contributed by atoms with E-state index in [1.165, 1.54) is 0 Å². The Labute approximate surface area is 95.7 Å². The maximum atomic E-state index is 10.8. The van der Waals surface area contributed by atoms with Crippen LogP contribution in [0.2, 0.25) is 0 Å². The molecule has 0 saturated carbocycles. The zero-order chi connectivity index (χ0) is 12.3. The number of aliphatic carboxylic acids is 1. The van der Waals surface area contributed by atoms with Crippen molar-refractivity contribution in [2.45, 2.75) is 32.9 Å². The topological polar surface area (TPSA) is 58.4 Å². The molecule has 0 aromatic carbocycles. The van der Waals surface area contributed by atoms with Crippen LogP contribution in [-0.4, -0.2) is 37.8 Å². The fraction of sp³-hybridized carbons (Fsp3) is 0.636. The molecule has 90 valence electrons. The van der Waals surface area contributed by atoms with Gasteiger partial charge < -0.3 is 5.11 Å². The number of carboxylic acid groups (broad SMARTS) is 1. The van der Waals surface area contributed by atoms with Gasteiger partial charge >= 0.3 is 5.97 Å². The summed E-state index contributed by atoms with van der Waals surface area (Å²) >= 11 is 0. The van der Waals surface area contributed by atoms with Crippen LogP contribution in [0.25, 0.3) is 0 Å². The molecule has 0 aliphatic carbocycles. The molecule has 0 bridgehead atoms. The Morgan fingerprint density at radius 1 is 1.56 bits per heavy atom. The van der Waals surface area contributed by atoms with Crippen LogP contribution in [0.4, 0.5) is 0 Å². The second-order valence-electron chi connectivity index (χ2n) is 4.90. The van der Waals surface area contributed by atoms with Gasteiger partial charge in [0.05, 0.1) is 12.2 Å². The number of hydrogen-bond acceptors (Lipinski definition) is 3. The Balaban J connectivity index is 2.74. The van der Waals surface area contributed by atoms with E-state index in [1.54, 1.807) is 4.68 Å². The highest BCUT2D eigenvalue weighted by molar-refractivity contribution is 5.69. The van der Waals surface area contributed by atoms with E-state index < -0.39 is 5.97 Å².